The number of ether oxygens (including phenoxy) is 1. The SMILES string of the molecule is CC(C)COCCC(CCl)(CCl)Cc1ccccc1. The van der Waals surface area contributed by atoms with Crippen molar-refractivity contribution >= 4 is 23.2 Å². The second-order valence-electron chi connectivity index (χ2n) is 5.65. The molecule has 0 aliphatic rings. The average molecular weight is 303 g/mol. The molecule has 0 N–H and O–H groups in total. The summed E-state index contributed by atoms with van der Waals surface area (Å²) in [7, 11) is 0. The number of alkyl halides is 2. The molecule has 0 bridgehead atoms. The molecule has 0 radical (unpaired) electrons. The van der Waals surface area contributed by atoms with Crippen molar-refractivity contribution < 1.29 is 4.74 Å². The van der Waals surface area contributed by atoms with Crippen molar-refractivity contribution in [2.45, 2.75) is 26.7 Å². The van der Waals surface area contributed by atoms with Crippen LogP contribution in [0.15, 0.2) is 30.3 Å². The van der Waals surface area contributed by atoms with Gasteiger partial charge in [0.05, 0.1) is 0 Å². The highest BCUT2D eigenvalue weighted by Crippen LogP contribution is 2.30. The molecule has 0 atom stereocenters. The summed E-state index contributed by atoms with van der Waals surface area (Å²) >= 11 is 12.4. The monoisotopic (exact) mass is 302 g/mol. The lowest BCUT2D eigenvalue weighted by Gasteiger charge is -2.30. The lowest BCUT2D eigenvalue weighted by molar-refractivity contribution is 0.0860. The highest BCUT2D eigenvalue weighted by Gasteiger charge is 2.28. The Morgan fingerprint density at radius 3 is 2.26 bits per heavy atom. The third kappa shape index (κ3) is 6.16. The topological polar surface area (TPSA) is 9.23 Å². The molecule has 1 rings (SSSR count). The zero-order valence-electron chi connectivity index (χ0n) is 11.9. The van der Waals surface area contributed by atoms with Crippen molar-refractivity contribution in [3.05, 3.63) is 35.9 Å². The third-order valence-corrected chi connectivity index (χ3v) is 4.35. The van der Waals surface area contributed by atoms with Gasteiger partial charge in [0.15, 0.2) is 0 Å². The normalized spacial score (nSPS) is 12.1. The summed E-state index contributed by atoms with van der Waals surface area (Å²) in [6, 6.07) is 10.4. The van der Waals surface area contributed by atoms with Crippen LogP contribution in [-0.4, -0.2) is 25.0 Å². The number of rotatable bonds is 9. The fourth-order valence-electron chi connectivity index (χ4n) is 1.99. The van der Waals surface area contributed by atoms with Gasteiger partial charge in [0.25, 0.3) is 0 Å². The number of benzene rings is 1. The van der Waals surface area contributed by atoms with Gasteiger partial charge in [0, 0.05) is 30.4 Å². The molecular formula is C16H24Cl2O. The lowest BCUT2D eigenvalue weighted by Crippen LogP contribution is -2.30. The molecule has 0 saturated carbocycles. The highest BCUT2D eigenvalue weighted by molar-refractivity contribution is 6.21. The molecule has 0 fully saturated rings. The molecule has 19 heavy (non-hydrogen) atoms. The smallest absolute Gasteiger partial charge is 0.0488 e. The van der Waals surface area contributed by atoms with E-state index >= 15 is 0 Å². The summed E-state index contributed by atoms with van der Waals surface area (Å²) in [5.74, 6) is 1.70. The van der Waals surface area contributed by atoms with E-state index in [1.807, 2.05) is 6.07 Å². The lowest BCUT2D eigenvalue weighted by atomic mass is 9.82. The molecule has 0 aliphatic heterocycles. The first-order chi connectivity index (χ1) is 9.12. The fraction of sp³-hybridized carbons (Fsp3) is 0.625. The molecule has 1 nitrogen and oxygen atoms in total. The molecule has 0 aliphatic carbocycles. The molecule has 108 valence electrons. The predicted molar refractivity (Wildman–Crippen MR) is 84.3 cm³/mol. The van der Waals surface area contributed by atoms with Gasteiger partial charge >= 0.3 is 0 Å². The summed E-state index contributed by atoms with van der Waals surface area (Å²) < 4.78 is 5.67. The van der Waals surface area contributed by atoms with Crippen molar-refractivity contribution in [2.75, 3.05) is 25.0 Å². The molecule has 1 aromatic carbocycles. The van der Waals surface area contributed by atoms with Gasteiger partial charge in [-0.1, -0.05) is 44.2 Å². The van der Waals surface area contributed by atoms with E-state index in [1.54, 1.807) is 0 Å². The Hall–Kier alpha value is -0.240. The Balaban J connectivity index is 2.53. The van der Waals surface area contributed by atoms with Crippen LogP contribution < -0.4 is 0 Å². The van der Waals surface area contributed by atoms with Gasteiger partial charge in [-0.05, 0) is 24.3 Å². The minimum absolute atomic E-state index is 0.0680. The molecule has 3 heteroatoms. The Morgan fingerprint density at radius 2 is 1.74 bits per heavy atom. The van der Waals surface area contributed by atoms with Gasteiger partial charge in [0.1, 0.15) is 0 Å². The van der Waals surface area contributed by atoms with E-state index in [1.165, 1.54) is 5.56 Å². The predicted octanol–water partition coefficient (Wildman–Crippen LogP) is 4.76. The van der Waals surface area contributed by atoms with Crippen LogP contribution in [0, 0.1) is 11.3 Å². The zero-order chi connectivity index (χ0) is 14.1. The maximum atomic E-state index is 6.18. The molecule has 0 heterocycles. The van der Waals surface area contributed by atoms with Crippen LogP contribution in [0.3, 0.4) is 0 Å². The van der Waals surface area contributed by atoms with Crippen LogP contribution in [0.4, 0.5) is 0 Å². The van der Waals surface area contributed by atoms with Gasteiger partial charge in [0.2, 0.25) is 0 Å². The van der Waals surface area contributed by atoms with Crippen LogP contribution in [-0.2, 0) is 11.2 Å². The van der Waals surface area contributed by atoms with E-state index in [0.29, 0.717) is 17.7 Å². The summed E-state index contributed by atoms with van der Waals surface area (Å²) in [6.07, 6.45) is 1.81. The number of hydrogen-bond acceptors (Lipinski definition) is 1. The van der Waals surface area contributed by atoms with Crippen LogP contribution >= 0.6 is 23.2 Å². The Morgan fingerprint density at radius 1 is 1.11 bits per heavy atom. The Labute approximate surface area is 127 Å². The highest BCUT2D eigenvalue weighted by atomic mass is 35.5. The van der Waals surface area contributed by atoms with Crippen LogP contribution in [0.25, 0.3) is 0 Å². The van der Waals surface area contributed by atoms with E-state index in [4.69, 9.17) is 27.9 Å². The molecule has 0 spiro atoms. The van der Waals surface area contributed by atoms with Gasteiger partial charge in [-0.25, -0.2) is 0 Å². The van der Waals surface area contributed by atoms with Gasteiger partial charge in [-0.15, -0.1) is 23.2 Å². The quantitative estimate of drug-likeness (QED) is 0.472. The standard InChI is InChI=1S/C16H24Cl2O/c1-14(2)11-19-9-8-16(12-17,13-18)10-15-6-4-3-5-7-15/h3-7,14H,8-13H2,1-2H3. The molecule has 0 amide bonds. The Kier molecular flexibility index (Phi) is 7.82. The fourth-order valence-corrected chi connectivity index (χ4v) is 2.73. The van der Waals surface area contributed by atoms with Crippen molar-refractivity contribution in [1.29, 1.82) is 0 Å². The minimum atomic E-state index is -0.0680. The van der Waals surface area contributed by atoms with E-state index in [9.17, 15) is 0 Å². The average Bonchev–Trinajstić information content (AvgIpc) is 2.43. The van der Waals surface area contributed by atoms with Crippen LogP contribution in [0.5, 0.6) is 0 Å². The first kappa shape index (κ1) is 16.8. The minimum Gasteiger partial charge on any atom is -0.381 e. The van der Waals surface area contributed by atoms with E-state index in [-0.39, 0.29) is 5.41 Å². The molecule has 0 saturated heterocycles. The van der Waals surface area contributed by atoms with Crippen LogP contribution in [0.1, 0.15) is 25.8 Å². The molecule has 1 aromatic rings. The van der Waals surface area contributed by atoms with E-state index in [0.717, 1.165) is 26.1 Å². The third-order valence-electron chi connectivity index (χ3n) is 3.22. The Bertz CT molecular complexity index is 334. The molecule has 0 aromatic heterocycles. The maximum absolute atomic E-state index is 6.18. The van der Waals surface area contributed by atoms with Gasteiger partial charge in [-0.3, -0.25) is 0 Å². The number of halogens is 2. The van der Waals surface area contributed by atoms with Gasteiger partial charge < -0.3 is 4.74 Å². The van der Waals surface area contributed by atoms with Crippen molar-refractivity contribution in [3.8, 4) is 0 Å². The first-order valence-electron chi connectivity index (χ1n) is 6.85. The first-order valence-corrected chi connectivity index (χ1v) is 7.92. The molecular weight excluding hydrogens is 279 g/mol. The second kappa shape index (κ2) is 8.84. The van der Waals surface area contributed by atoms with E-state index < -0.39 is 0 Å². The van der Waals surface area contributed by atoms with Crippen molar-refractivity contribution in [3.63, 3.8) is 0 Å². The maximum Gasteiger partial charge on any atom is 0.0488 e. The van der Waals surface area contributed by atoms with Gasteiger partial charge in [-0.2, -0.15) is 0 Å². The summed E-state index contributed by atoms with van der Waals surface area (Å²) in [4.78, 5) is 0. The zero-order valence-corrected chi connectivity index (χ0v) is 13.4. The summed E-state index contributed by atoms with van der Waals surface area (Å²) in [5.41, 5.74) is 1.22. The summed E-state index contributed by atoms with van der Waals surface area (Å²) in [6.45, 7) is 5.83. The summed E-state index contributed by atoms with van der Waals surface area (Å²) in [5, 5.41) is 0. The second-order valence-corrected chi connectivity index (χ2v) is 6.18. The van der Waals surface area contributed by atoms with Crippen LogP contribution in [0.2, 0.25) is 0 Å². The van der Waals surface area contributed by atoms with Crippen molar-refractivity contribution in [1.82, 2.24) is 0 Å². The van der Waals surface area contributed by atoms with Crippen molar-refractivity contribution in [2.24, 2.45) is 11.3 Å². The molecule has 0 unspecified atom stereocenters. The number of hydrogen-bond donors (Lipinski definition) is 0. The largest absolute Gasteiger partial charge is 0.381 e. The van der Waals surface area contributed by atoms with E-state index in [2.05, 4.69) is 38.1 Å².